The van der Waals surface area contributed by atoms with E-state index in [0.717, 1.165) is 0 Å². The number of aromatic amines is 1. The van der Waals surface area contributed by atoms with E-state index in [-0.39, 0.29) is 25.4 Å². The smallest absolute Gasteiger partial charge is 0.343 e. The summed E-state index contributed by atoms with van der Waals surface area (Å²) in [7, 11) is 0. The molecule has 2 heterocycles. The maximum absolute atomic E-state index is 13.7. The molecule has 0 spiro atoms. The third kappa shape index (κ3) is 1.66. The van der Waals surface area contributed by atoms with Crippen molar-refractivity contribution < 1.29 is 19.1 Å². The second-order valence-electron chi connectivity index (χ2n) is 3.83. The number of halogens is 1. The van der Waals surface area contributed by atoms with Crippen LogP contribution in [0.4, 0.5) is 4.39 Å². The molecular formula is C10H11FN2O3. The van der Waals surface area contributed by atoms with Gasteiger partial charge in [0.15, 0.2) is 0 Å². The van der Waals surface area contributed by atoms with Gasteiger partial charge < -0.3 is 15.0 Å². The molecule has 0 aliphatic carbocycles. The fraction of sp³-hybridized carbons (Fsp3) is 0.400. The molecule has 1 amide bonds. The summed E-state index contributed by atoms with van der Waals surface area (Å²) in [6, 6.07) is 3.23. The Hall–Kier alpha value is -1.85. The molecule has 2 rings (SSSR count). The van der Waals surface area contributed by atoms with Crippen LogP contribution >= 0.6 is 0 Å². The van der Waals surface area contributed by atoms with Gasteiger partial charge in [-0.05, 0) is 12.1 Å². The van der Waals surface area contributed by atoms with Gasteiger partial charge >= 0.3 is 5.97 Å². The largest absolute Gasteiger partial charge is 0.479 e. The number of nitrogens with one attached hydrogen (secondary N) is 1. The van der Waals surface area contributed by atoms with Gasteiger partial charge in [-0.15, -0.1) is 0 Å². The zero-order valence-corrected chi connectivity index (χ0v) is 8.44. The summed E-state index contributed by atoms with van der Waals surface area (Å²) in [6.45, 7) is -0.263. The van der Waals surface area contributed by atoms with E-state index in [0.29, 0.717) is 5.69 Å². The molecule has 5 nitrogen and oxygen atoms in total. The van der Waals surface area contributed by atoms with Gasteiger partial charge in [-0.1, -0.05) is 0 Å². The fourth-order valence-electron chi connectivity index (χ4n) is 1.75. The number of carboxylic acids is 1. The van der Waals surface area contributed by atoms with E-state index in [4.69, 9.17) is 5.11 Å². The number of aliphatic carboxylic acids is 1. The third-order valence-electron chi connectivity index (χ3n) is 2.72. The SMILES string of the molecule is O=C(c1ccc[nH]1)N1CC[C@](F)(C(=O)O)C1. The van der Waals surface area contributed by atoms with E-state index in [1.54, 1.807) is 18.3 Å². The van der Waals surface area contributed by atoms with Crippen LogP contribution in [0.3, 0.4) is 0 Å². The first-order valence-electron chi connectivity index (χ1n) is 4.88. The van der Waals surface area contributed by atoms with E-state index in [1.165, 1.54) is 4.90 Å². The van der Waals surface area contributed by atoms with Gasteiger partial charge in [0.05, 0.1) is 6.54 Å². The Balaban J connectivity index is 2.10. The zero-order valence-electron chi connectivity index (χ0n) is 8.44. The molecule has 6 heteroatoms. The Bertz CT molecular complexity index is 418. The summed E-state index contributed by atoms with van der Waals surface area (Å²) in [5.74, 6) is -1.87. The normalized spacial score (nSPS) is 24.7. The average molecular weight is 226 g/mol. The topological polar surface area (TPSA) is 73.4 Å². The van der Waals surface area contributed by atoms with E-state index in [1.807, 2.05) is 0 Å². The zero-order chi connectivity index (χ0) is 11.8. The van der Waals surface area contributed by atoms with Gasteiger partial charge in [0, 0.05) is 19.2 Å². The Morgan fingerprint density at radius 1 is 1.56 bits per heavy atom. The number of aromatic nitrogens is 1. The van der Waals surface area contributed by atoms with Crippen molar-refractivity contribution in [3.05, 3.63) is 24.0 Å². The summed E-state index contributed by atoms with van der Waals surface area (Å²) >= 11 is 0. The molecule has 16 heavy (non-hydrogen) atoms. The summed E-state index contributed by atoms with van der Waals surface area (Å²) in [5.41, 5.74) is -1.96. The lowest BCUT2D eigenvalue weighted by Crippen LogP contribution is -2.39. The number of nitrogens with zero attached hydrogens (tertiary/aromatic N) is 1. The number of amides is 1. The van der Waals surface area contributed by atoms with Crippen molar-refractivity contribution in [2.45, 2.75) is 12.1 Å². The molecule has 1 aromatic heterocycles. The number of carbonyl (C=O) groups excluding carboxylic acids is 1. The highest BCUT2D eigenvalue weighted by molar-refractivity contribution is 5.93. The Morgan fingerprint density at radius 2 is 2.31 bits per heavy atom. The van der Waals surface area contributed by atoms with Gasteiger partial charge in [0.1, 0.15) is 5.69 Å². The second kappa shape index (κ2) is 3.62. The van der Waals surface area contributed by atoms with Gasteiger partial charge in [0.25, 0.3) is 5.91 Å². The van der Waals surface area contributed by atoms with Crippen LogP contribution in [-0.4, -0.2) is 45.6 Å². The number of carboxylic acid groups (broad SMARTS) is 1. The van der Waals surface area contributed by atoms with Crippen molar-refractivity contribution in [3.63, 3.8) is 0 Å². The monoisotopic (exact) mass is 226 g/mol. The number of hydrogen-bond donors (Lipinski definition) is 2. The fourth-order valence-corrected chi connectivity index (χ4v) is 1.75. The molecule has 0 saturated carbocycles. The molecule has 2 N–H and O–H groups in total. The van der Waals surface area contributed by atoms with Crippen molar-refractivity contribution in [2.24, 2.45) is 0 Å². The summed E-state index contributed by atoms with van der Waals surface area (Å²) < 4.78 is 13.7. The van der Waals surface area contributed by atoms with E-state index >= 15 is 0 Å². The minimum Gasteiger partial charge on any atom is -0.479 e. The average Bonchev–Trinajstić information content (AvgIpc) is 2.85. The second-order valence-corrected chi connectivity index (χ2v) is 3.83. The van der Waals surface area contributed by atoms with Gasteiger partial charge in [-0.25, -0.2) is 9.18 Å². The molecule has 0 bridgehead atoms. The van der Waals surface area contributed by atoms with Crippen LogP contribution in [0.1, 0.15) is 16.9 Å². The molecule has 0 aromatic carbocycles. The molecule has 1 aliphatic rings. The summed E-state index contributed by atoms with van der Waals surface area (Å²) in [6.07, 6.45) is 1.43. The van der Waals surface area contributed by atoms with Crippen molar-refractivity contribution in [3.8, 4) is 0 Å². The van der Waals surface area contributed by atoms with Crippen LogP contribution in [-0.2, 0) is 4.79 Å². The lowest BCUT2D eigenvalue weighted by Gasteiger charge is -2.16. The quantitative estimate of drug-likeness (QED) is 0.777. The van der Waals surface area contributed by atoms with Gasteiger partial charge in [0.2, 0.25) is 5.67 Å². The highest BCUT2D eigenvalue weighted by Gasteiger charge is 2.47. The first-order valence-corrected chi connectivity index (χ1v) is 4.88. The highest BCUT2D eigenvalue weighted by atomic mass is 19.1. The van der Waals surface area contributed by atoms with E-state index in [9.17, 15) is 14.0 Å². The number of carbonyl (C=O) groups is 2. The van der Waals surface area contributed by atoms with Crippen LogP contribution in [0.15, 0.2) is 18.3 Å². The lowest BCUT2D eigenvalue weighted by atomic mass is 10.1. The third-order valence-corrected chi connectivity index (χ3v) is 2.72. The summed E-state index contributed by atoms with van der Waals surface area (Å²) in [5, 5.41) is 8.68. The van der Waals surface area contributed by atoms with Crippen LogP contribution < -0.4 is 0 Å². The Kier molecular flexibility index (Phi) is 2.41. The van der Waals surface area contributed by atoms with Crippen molar-refractivity contribution in [1.82, 2.24) is 9.88 Å². The number of rotatable bonds is 2. The van der Waals surface area contributed by atoms with Crippen LogP contribution in [0.5, 0.6) is 0 Å². The number of likely N-dealkylation sites (tertiary alicyclic amines) is 1. The maximum atomic E-state index is 13.7. The standard InChI is InChI=1S/C10H11FN2O3/c11-10(9(15)16)3-5-13(6-10)8(14)7-2-1-4-12-7/h1-2,4,12H,3,5-6H2,(H,15,16)/t10-/m1/s1. The predicted octanol–water partition coefficient (Wildman–Crippen LogP) is 0.653. The van der Waals surface area contributed by atoms with Crippen molar-refractivity contribution in [2.75, 3.05) is 13.1 Å². The van der Waals surface area contributed by atoms with E-state index in [2.05, 4.69) is 4.98 Å². The minimum atomic E-state index is -2.30. The highest BCUT2D eigenvalue weighted by Crippen LogP contribution is 2.26. The van der Waals surface area contributed by atoms with Crippen molar-refractivity contribution >= 4 is 11.9 Å². The van der Waals surface area contributed by atoms with E-state index < -0.39 is 11.6 Å². The summed E-state index contributed by atoms with van der Waals surface area (Å²) in [4.78, 5) is 26.3. The number of hydrogen-bond acceptors (Lipinski definition) is 2. The Morgan fingerprint density at radius 3 is 2.81 bits per heavy atom. The minimum absolute atomic E-state index is 0.126. The molecule has 1 atom stereocenters. The number of alkyl halides is 1. The van der Waals surface area contributed by atoms with Gasteiger partial charge in [-0.2, -0.15) is 0 Å². The molecule has 1 fully saturated rings. The molecule has 0 unspecified atom stereocenters. The molecular weight excluding hydrogens is 215 g/mol. The van der Waals surface area contributed by atoms with Gasteiger partial charge in [-0.3, -0.25) is 4.79 Å². The molecule has 86 valence electrons. The van der Waals surface area contributed by atoms with Crippen LogP contribution in [0.25, 0.3) is 0 Å². The number of H-pyrrole nitrogens is 1. The molecule has 1 aliphatic heterocycles. The lowest BCUT2D eigenvalue weighted by molar-refractivity contribution is -0.149. The molecule has 1 aromatic rings. The van der Waals surface area contributed by atoms with Crippen LogP contribution in [0, 0.1) is 0 Å². The van der Waals surface area contributed by atoms with Crippen molar-refractivity contribution in [1.29, 1.82) is 0 Å². The predicted molar refractivity (Wildman–Crippen MR) is 52.8 cm³/mol. The first kappa shape index (κ1) is 10.7. The maximum Gasteiger partial charge on any atom is 0.343 e. The van der Waals surface area contributed by atoms with Crippen LogP contribution in [0.2, 0.25) is 0 Å². The molecule has 0 radical (unpaired) electrons. The Labute approximate surface area is 90.9 Å². The molecule has 1 saturated heterocycles. The first-order chi connectivity index (χ1) is 7.53.